The van der Waals surface area contributed by atoms with Crippen LogP contribution < -0.4 is 5.32 Å². The zero-order valence-electron chi connectivity index (χ0n) is 10.7. The van der Waals surface area contributed by atoms with Gasteiger partial charge in [0.2, 0.25) is 5.91 Å². The molecule has 20 heavy (non-hydrogen) atoms. The van der Waals surface area contributed by atoms with Crippen LogP contribution in [0, 0.1) is 23.5 Å². The first kappa shape index (κ1) is 14.4. The summed E-state index contributed by atoms with van der Waals surface area (Å²) in [4.78, 5) is 23.2. The zero-order valence-corrected chi connectivity index (χ0v) is 10.7. The van der Waals surface area contributed by atoms with Gasteiger partial charge in [0.1, 0.15) is 17.3 Å². The zero-order chi connectivity index (χ0) is 14.7. The molecule has 2 atom stereocenters. The van der Waals surface area contributed by atoms with Crippen molar-refractivity contribution in [3.63, 3.8) is 0 Å². The number of rotatable bonds is 3. The van der Waals surface area contributed by atoms with E-state index in [1.807, 2.05) is 0 Å². The minimum absolute atomic E-state index is 0.410. The number of hydrogen-bond acceptors (Lipinski definition) is 2. The Kier molecular flexibility index (Phi) is 4.32. The number of halogens is 2. The predicted molar refractivity (Wildman–Crippen MR) is 68.1 cm³/mol. The second-order valence-electron chi connectivity index (χ2n) is 4.92. The van der Waals surface area contributed by atoms with Crippen LogP contribution in [0.15, 0.2) is 18.2 Å². The van der Waals surface area contributed by atoms with Gasteiger partial charge < -0.3 is 10.4 Å². The van der Waals surface area contributed by atoms with E-state index in [0.29, 0.717) is 12.8 Å². The third-order valence-corrected chi connectivity index (χ3v) is 3.63. The molecule has 6 heteroatoms. The Morgan fingerprint density at radius 1 is 1.10 bits per heavy atom. The number of nitrogens with one attached hydrogen (secondary N) is 1. The normalized spacial score (nSPS) is 22.3. The molecule has 0 heterocycles. The van der Waals surface area contributed by atoms with Crippen LogP contribution in [0.4, 0.5) is 14.5 Å². The molecule has 1 aliphatic rings. The molecule has 2 rings (SSSR count). The van der Waals surface area contributed by atoms with Gasteiger partial charge in [-0.25, -0.2) is 8.78 Å². The monoisotopic (exact) mass is 283 g/mol. The molecule has 0 aromatic heterocycles. The Labute approximate surface area is 114 Å². The molecule has 0 radical (unpaired) electrons. The van der Waals surface area contributed by atoms with Gasteiger partial charge in [-0.1, -0.05) is 18.9 Å². The van der Waals surface area contributed by atoms with Gasteiger partial charge in [0, 0.05) is 0 Å². The van der Waals surface area contributed by atoms with Gasteiger partial charge in [-0.15, -0.1) is 0 Å². The third-order valence-electron chi connectivity index (χ3n) is 3.63. The average Bonchev–Trinajstić information content (AvgIpc) is 2.43. The first-order valence-electron chi connectivity index (χ1n) is 6.48. The Morgan fingerprint density at radius 2 is 1.65 bits per heavy atom. The van der Waals surface area contributed by atoms with E-state index >= 15 is 0 Å². The van der Waals surface area contributed by atoms with Crippen molar-refractivity contribution < 1.29 is 23.5 Å². The van der Waals surface area contributed by atoms with Gasteiger partial charge >= 0.3 is 5.97 Å². The molecule has 0 unspecified atom stereocenters. The average molecular weight is 283 g/mol. The molecule has 1 aromatic carbocycles. The first-order chi connectivity index (χ1) is 9.50. The Bertz CT molecular complexity index is 513. The largest absolute Gasteiger partial charge is 0.481 e. The molecular formula is C14H15F2NO3. The van der Waals surface area contributed by atoms with Gasteiger partial charge in [-0.2, -0.15) is 0 Å². The molecule has 1 aliphatic carbocycles. The molecule has 4 nitrogen and oxygen atoms in total. The highest BCUT2D eigenvalue weighted by Crippen LogP contribution is 2.31. The molecule has 1 aromatic rings. The number of carboxylic acid groups (broad SMARTS) is 1. The van der Waals surface area contributed by atoms with E-state index in [9.17, 15) is 18.4 Å². The van der Waals surface area contributed by atoms with Crippen LogP contribution in [0.1, 0.15) is 25.7 Å². The third kappa shape index (κ3) is 2.95. The summed E-state index contributed by atoms with van der Waals surface area (Å²) in [6, 6.07) is 3.27. The van der Waals surface area contributed by atoms with Crippen LogP contribution in [0.2, 0.25) is 0 Å². The van der Waals surface area contributed by atoms with Gasteiger partial charge in [-0.05, 0) is 25.0 Å². The molecule has 1 fully saturated rings. The molecule has 0 spiro atoms. The number of benzene rings is 1. The maximum absolute atomic E-state index is 13.5. The smallest absolute Gasteiger partial charge is 0.307 e. The number of carbonyl (C=O) groups is 2. The number of anilines is 1. The van der Waals surface area contributed by atoms with E-state index < -0.39 is 41.0 Å². The lowest BCUT2D eigenvalue weighted by molar-refractivity contribution is -0.147. The van der Waals surface area contributed by atoms with Gasteiger partial charge in [0.25, 0.3) is 0 Å². The second-order valence-corrected chi connectivity index (χ2v) is 4.92. The number of aliphatic carboxylic acids is 1. The number of para-hydroxylation sites is 1. The maximum atomic E-state index is 13.5. The van der Waals surface area contributed by atoms with E-state index in [0.717, 1.165) is 25.0 Å². The maximum Gasteiger partial charge on any atom is 0.307 e. The van der Waals surface area contributed by atoms with Crippen LogP contribution in [0.3, 0.4) is 0 Å². The summed E-state index contributed by atoms with van der Waals surface area (Å²) in [6.07, 6.45) is 2.31. The van der Waals surface area contributed by atoms with Gasteiger partial charge in [0.15, 0.2) is 0 Å². The number of amides is 1. The molecule has 1 amide bonds. The molecule has 108 valence electrons. The van der Waals surface area contributed by atoms with Gasteiger partial charge in [-0.3, -0.25) is 9.59 Å². The lowest BCUT2D eigenvalue weighted by Crippen LogP contribution is -2.36. The Balaban J connectivity index is 2.16. The molecular weight excluding hydrogens is 268 g/mol. The second kappa shape index (κ2) is 5.98. The fourth-order valence-corrected chi connectivity index (χ4v) is 2.57. The first-order valence-corrected chi connectivity index (χ1v) is 6.48. The minimum atomic E-state index is -1.04. The minimum Gasteiger partial charge on any atom is -0.481 e. The summed E-state index contributed by atoms with van der Waals surface area (Å²) in [6.45, 7) is 0. The van der Waals surface area contributed by atoms with E-state index in [4.69, 9.17) is 5.11 Å². The fraction of sp³-hybridized carbons (Fsp3) is 0.429. The summed E-state index contributed by atoms with van der Waals surface area (Å²) >= 11 is 0. The predicted octanol–water partition coefficient (Wildman–Crippen LogP) is 2.79. The lowest BCUT2D eigenvalue weighted by atomic mass is 9.78. The molecule has 0 saturated heterocycles. The summed E-state index contributed by atoms with van der Waals surface area (Å²) in [5.74, 6) is -4.97. The summed E-state index contributed by atoms with van der Waals surface area (Å²) in [5, 5.41) is 11.3. The number of hydrogen-bond donors (Lipinski definition) is 2. The molecule has 0 aliphatic heterocycles. The molecule has 1 saturated carbocycles. The van der Waals surface area contributed by atoms with Crippen molar-refractivity contribution in [2.75, 3.05) is 5.32 Å². The quantitative estimate of drug-likeness (QED) is 0.896. The van der Waals surface area contributed by atoms with E-state index in [1.54, 1.807) is 0 Å². The van der Waals surface area contributed by atoms with Crippen molar-refractivity contribution in [2.45, 2.75) is 25.7 Å². The lowest BCUT2D eigenvalue weighted by Gasteiger charge is -2.27. The van der Waals surface area contributed by atoms with Crippen LogP contribution in [0.5, 0.6) is 0 Å². The highest BCUT2D eigenvalue weighted by Gasteiger charge is 2.36. The van der Waals surface area contributed by atoms with Crippen molar-refractivity contribution in [2.24, 2.45) is 11.8 Å². The van der Waals surface area contributed by atoms with Crippen LogP contribution in [-0.2, 0) is 9.59 Å². The number of carbonyl (C=O) groups excluding carboxylic acids is 1. The van der Waals surface area contributed by atoms with Crippen LogP contribution in [-0.4, -0.2) is 17.0 Å². The standard InChI is InChI=1S/C14H15F2NO3/c15-10-6-3-7-11(16)12(10)17-13(18)8-4-1-2-5-9(8)14(19)20/h3,6-9H,1-2,4-5H2,(H,17,18)(H,19,20)/t8-,9+/m0/s1. The summed E-state index contributed by atoms with van der Waals surface area (Å²) < 4.78 is 26.9. The highest BCUT2D eigenvalue weighted by atomic mass is 19.1. The van der Waals surface area contributed by atoms with Crippen molar-refractivity contribution in [1.82, 2.24) is 0 Å². The van der Waals surface area contributed by atoms with Crippen molar-refractivity contribution in [1.29, 1.82) is 0 Å². The summed E-state index contributed by atoms with van der Waals surface area (Å²) in [5.41, 5.74) is -0.521. The van der Waals surface area contributed by atoms with Crippen LogP contribution >= 0.6 is 0 Å². The highest BCUT2D eigenvalue weighted by molar-refractivity contribution is 5.95. The Morgan fingerprint density at radius 3 is 2.20 bits per heavy atom. The Hall–Kier alpha value is -1.98. The molecule has 0 bridgehead atoms. The van der Waals surface area contributed by atoms with Crippen LogP contribution in [0.25, 0.3) is 0 Å². The van der Waals surface area contributed by atoms with E-state index in [-0.39, 0.29) is 0 Å². The molecule has 2 N–H and O–H groups in total. The topological polar surface area (TPSA) is 66.4 Å². The SMILES string of the molecule is O=C(Nc1c(F)cccc1F)[C@H]1CCCC[C@H]1C(=O)O. The van der Waals surface area contributed by atoms with Crippen molar-refractivity contribution >= 4 is 17.6 Å². The number of carboxylic acids is 1. The van der Waals surface area contributed by atoms with E-state index in [2.05, 4.69) is 5.32 Å². The fourth-order valence-electron chi connectivity index (χ4n) is 2.57. The van der Waals surface area contributed by atoms with Crippen molar-refractivity contribution in [3.8, 4) is 0 Å². The van der Waals surface area contributed by atoms with E-state index in [1.165, 1.54) is 6.07 Å². The summed E-state index contributed by atoms with van der Waals surface area (Å²) in [7, 11) is 0. The van der Waals surface area contributed by atoms with Crippen molar-refractivity contribution in [3.05, 3.63) is 29.8 Å². The van der Waals surface area contributed by atoms with Gasteiger partial charge in [0.05, 0.1) is 11.8 Å².